The Morgan fingerprint density at radius 2 is 2.16 bits per heavy atom. The Hall–Kier alpha value is -2.23. The Kier molecular flexibility index (Phi) is 4.06. The van der Waals surface area contributed by atoms with E-state index >= 15 is 0 Å². The molecule has 1 aliphatic rings. The summed E-state index contributed by atoms with van der Waals surface area (Å²) in [6, 6.07) is 7.25. The van der Waals surface area contributed by atoms with Gasteiger partial charge in [-0.25, -0.2) is 8.42 Å². The van der Waals surface area contributed by atoms with Gasteiger partial charge in [-0.3, -0.25) is 4.68 Å². The van der Waals surface area contributed by atoms with Crippen molar-refractivity contribution in [3.63, 3.8) is 0 Å². The highest BCUT2D eigenvalue weighted by atomic mass is 32.2. The van der Waals surface area contributed by atoms with E-state index in [1.807, 2.05) is 31.4 Å². The van der Waals surface area contributed by atoms with Gasteiger partial charge in [0.05, 0.1) is 18.9 Å². The van der Waals surface area contributed by atoms with Crippen LogP contribution in [0.3, 0.4) is 0 Å². The zero-order chi connectivity index (χ0) is 17.4. The van der Waals surface area contributed by atoms with Crippen LogP contribution in [-0.4, -0.2) is 47.4 Å². The number of hydrogen-bond donors (Lipinski definition) is 0. The van der Waals surface area contributed by atoms with Crippen LogP contribution in [0.25, 0.3) is 11.0 Å². The first-order chi connectivity index (χ1) is 12.0. The molecular weight excluding hydrogens is 344 g/mol. The number of para-hydroxylation sites is 1. The van der Waals surface area contributed by atoms with E-state index in [9.17, 15) is 8.42 Å². The van der Waals surface area contributed by atoms with Gasteiger partial charge in [-0.15, -0.1) is 0 Å². The van der Waals surface area contributed by atoms with Crippen LogP contribution in [0.5, 0.6) is 0 Å². The zero-order valence-corrected chi connectivity index (χ0v) is 14.5. The lowest BCUT2D eigenvalue weighted by molar-refractivity contribution is -0.00264. The quantitative estimate of drug-likeness (QED) is 0.698. The molecule has 25 heavy (non-hydrogen) atoms. The van der Waals surface area contributed by atoms with Crippen LogP contribution in [0.15, 0.2) is 41.2 Å². The van der Waals surface area contributed by atoms with E-state index < -0.39 is 10.0 Å². The van der Waals surface area contributed by atoms with Crippen molar-refractivity contribution in [1.82, 2.24) is 19.2 Å². The van der Waals surface area contributed by atoms with Crippen LogP contribution in [0, 0.1) is 0 Å². The van der Waals surface area contributed by atoms with E-state index in [4.69, 9.17) is 9.26 Å². The Labute approximate surface area is 145 Å². The van der Waals surface area contributed by atoms with Crippen LogP contribution < -0.4 is 0 Å². The van der Waals surface area contributed by atoms with Gasteiger partial charge in [0, 0.05) is 37.3 Å². The summed E-state index contributed by atoms with van der Waals surface area (Å²) in [6.07, 6.45) is 3.23. The number of hydrogen-bond acceptors (Lipinski definition) is 6. The minimum Gasteiger partial charge on any atom is -0.371 e. The van der Waals surface area contributed by atoms with E-state index in [1.165, 1.54) is 4.31 Å². The number of aryl methyl sites for hydroxylation is 1. The molecule has 0 radical (unpaired) electrons. The summed E-state index contributed by atoms with van der Waals surface area (Å²) in [5, 5.41) is 8.78. The lowest BCUT2D eigenvalue weighted by Crippen LogP contribution is -2.42. The summed E-state index contributed by atoms with van der Waals surface area (Å²) < 4.78 is 39.7. The summed E-state index contributed by atoms with van der Waals surface area (Å²) in [5.74, 6) is -0.191. The zero-order valence-electron chi connectivity index (χ0n) is 13.7. The molecule has 0 saturated carbocycles. The molecule has 132 valence electrons. The molecule has 0 aliphatic carbocycles. The monoisotopic (exact) mass is 362 g/mol. The smallest absolute Gasteiger partial charge is 0.220 e. The lowest BCUT2D eigenvalue weighted by Gasteiger charge is -2.31. The van der Waals surface area contributed by atoms with E-state index in [1.54, 1.807) is 16.9 Å². The maximum Gasteiger partial charge on any atom is 0.220 e. The van der Waals surface area contributed by atoms with Crippen LogP contribution in [0.2, 0.25) is 0 Å². The van der Waals surface area contributed by atoms with E-state index in [0.717, 1.165) is 10.9 Å². The minimum atomic E-state index is -3.53. The molecule has 1 atom stereocenters. The first-order valence-electron chi connectivity index (χ1n) is 7.94. The maximum absolute atomic E-state index is 12.8. The molecule has 1 aliphatic heterocycles. The molecule has 0 amide bonds. The highest BCUT2D eigenvalue weighted by Gasteiger charge is 2.32. The predicted octanol–water partition coefficient (Wildman–Crippen LogP) is 1.46. The van der Waals surface area contributed by atoms with Gasteiger partial charge in [-0.2, -0.15) is 9.40 Å². The summed E-state index contributed by atoms with van der Waals surface area (Å²) in [7, 11) is -1.71. The van der Waals surface area contributed by atoms with Crippen molar-refractivity contribution in [2.45, 2.75) is 11.9 Å². The maximum atomic E-state index is 12.8. The molecule has 0 unspecified atom stereocenters. The van der Waals surface area contributed by atoms with Gasteiger partial charge in [-0.1, -0.05) is 17.3 Å². The molecule has 9 heteroatoms. The van der Waals surface area contributed by atoms with Crippen LogP contribution in [-0.2, 0) is 27.6 Å². The number of aromatic nitrogens is 3. The second kappa shape index (κ2) is 6.25. The number of fused-ring (bicyclic) bond motifs is 1. The van der Waals surface area contributed by atoms with Gasteiger partial charge in [0.25, 0.3) is 0 Å². The third-order valence-corrected chi connectivity index (χ3v) is 6.05. The van der Waals surface area contributed by atoms with Gasteiger partial charge >= 0.3 is 0 Å². The first-order valence-corrected chi connectivity index (χ1v) is 9.55. The van der Waals surface area contributed by atoms with E-state index in [-0.39, 0.29) is 18.4 Å². The van der Waals surface area contributed by atoms with Crippen molar-refractivity contribution in [2.24, 2.45) is 7.05 Å². The van der Waals surface area contributed by atoms with Crippen LogP contribution >= 0.6 is 0 Å². The Morgan fingerprint density at radius 1 is 1.32 bits per heavy atom. The SMILES string of the molecule is Cn1cc([C@H]2CN(S(=O)(=O)Cc3noc4ccccc34)CCO2)cn1. The summed E-state index contributed by atoms with van der Waals surface area (Å²) in [6.45, 7) is 0.942. The van der Waals surface area contributed by atoms with Crippen LogP contribution in [0.1, 0.15) is 17.4 Å². The van der Waals surface area contributed by atoms with Gasteiger partial charge in [0.1, 0.15) is 11.4 Å². The average Bonchev–Trinajstić information content (AvgIpc) is 3.22. The normalized spacial score (nSPS) is 19.5. The number of benzene rings is 1. The van der Waals surface area contributed by atoms with Crippen LogP contribution in [0.4, 0.5) is 0 Å². The van der Waals surface area contributed by atoms with Crippen molar-refractivity contribution >= 4 is 21.0 Å². The second-order valence-electron chi connectivity index (χ2n) is 6.05. The Balaban J connectivity index is 1.55. The molecule has 1 fully saturated rings. The minimum absolute atomic E-state index is 0.191. The first kappa shape index (κ1) is 16.2. The fraction of sp³-hybridized carbons (Fsp3) is 0.375. The lowest BCUT2D eigenvalue weighted by atomic mass is 10.2. The van der Waals surface area contributed by atoms with Gasteiger partial charge in [0.2, 0.25) is 10.0 Å². The molecule has 3 heterocycles. The van der Waals surface area contributed by atoms with Crippen molar-refractivity contribution in [1.29, 1.82) is 0 Å². The fourth-order valence-electron chi connectivity index (χ4n) is 2.99. The number of sulfonamides is 1. The molecule has 4 rings (SSSR count). The molecule has 2 aromatic heterocycles. The largest absolute Gasteiger partial charge is 0.371 e. The van der Waals surface area contributed by atoms with E-state index in [2.05, 4.69) is 10.3 Å². The highest BCUT2D eigenvalue weighted by molar-refractivity contribution is 7.88. The Bertz CT molecular complexity index is 994. The van der Waals surface area contributed by atoms with Gasteiger partial charge < -0.3 is 9.26 Å². The summed E-state index contributed by atoms with van der Waals surface area (Å²) >= 11 is 0. The number of nitrogens with zero attached hydrogens (tertiary/aromatic N) is 4. The van der Waals surface area contributed by atoms with E-state index in [0.29, 0.717) is 24.4 Å². The standard InChI is InChI=1S/C16H18N4O4S/c1-19-9-12(8-17-19)16-10-20(6-7-23-16)25(21,22)11-14-13-4-2-3-5-15(13)24-18-14/h2-5,8-9,16H,6-7,10-11H2,1H3/t16-/m1/s1. The third kappa shape index (κ3) is 3.17. The number of rotatable bonds is 4. The third-order valence-electron chi connectivity index (χ3n) is 4.29. The summed E-state index contributed by atoms with van der Waals surface area (Å²) in [4.78, 5) is 0. The second-order valence-corrected chi connectivity index (χ2v) is 8.02. The van der Waals surface area contributed by atoms with Crippen molar-refractivity contribution < 1.29 is 17.7 Å². The topological polar surface area (TPSA) is 90.5 Å². The molecule has 3 aromatic rings. The molecule has 8 nitrogen and oxygen atoms in total. The molecule has 0 bridgehead atoms. The molecule has 1 saturated heterocycles. The fourth-order valence-corrected chi connectivity index (χ4v) is 4.44. The number of morpholine rings is 1. The molecule has 1 aromatic carbocycles. The summed E-state index contributed by atoms with van der Waals surface area (Å²) in [5.41, 5.74) is 1.89. The van der Waals surface area contributed by atoms with Gasteiger partial charge in [0.15, 0.2) is 5.58 Å². The Morgan fingerprint density at radius 3 is 2.96 bits per heavy atom. The number of ether oxygens (including phenoxy) is 1. The predicted molar refractivity (Wildman–Crippen MR) is 90.1 cm³/mol. The molecular formula is C16H18N4O4S. The molecule has 0 spiro atoms. The van der Waals surface area contributed by atoms with Crippen molar-refractivity contribution in [3.8, 4) is 0 Å². The average molecular weight is 362 g/mol. The highest BCUT2D eigenvalue weighted by Crippen LogP contribution is 2.26. The molecule has 0 N–H and O–H groups in total. The van der Waals surface area contributed by atoms with Crippen molar-refractivity contribution in [3.05, 3.63) is 47.9 Å². The van der Waals surface area contributed by atoms with Crippen molar-refractivity contribution in [2.75, 3.05) is 19.7 Å². The van der Waals surface area contributed by atoms with Gasteiger partial charge in [-0.05, 0) is 12.1 Å².